The number of sulfonamides is 1. The van der Waals surface area contributed by atoms with Gasteiger partial charge in [0.2, 0.25) is 0 Å². The lowest BCUT2D eigenvalue weighted by atomic mass is 9.95. The Kier molecular flexibility index (Phi) is 12.5. The maximum absolute atomic E-state index is 14.0. The van der Waals surface area contributed by atoms with Gasteiger partial charge < -0.3 is 21.3 Å². The molecule has 0 unspecified atom stereocenters. The largest absolute Gasteiger partial charge is 0.384 e. The van der Waals surface area contributed by atoms with Crippen molar-refractivity contribution in [2.45, 2.75) is 81.8 Å². The molecule has 1 heterocycles. The van der Waals surface area contributed by atoms with E-state index in [4.69, 9.17) is 34.3 Å². The van der Waals surface area contributed by atoms with Gasteiger partial charge in [-0.15, -0.1) is 4.83 Å². The normalized spacial score (nSPS) is 16.3. The number of hydrogen-bond donors (Lipinski definition) is 5. The summed E-state index contributed by atoms with van der Waals surface area (Å²) in [6.07, 6.45) is 11.2. The minimum Gasteiger partial charge on any atom is -0.384 e. The van der Waals surface area contributed by atoms with Crippen molar-refractivity contribution in [3.8, 4) is 11.1 Å². The van der Waals surface area contributed by atoms with Crippen LogP contribution in [-0.4, -0.2) is 49.3 Å². The topological polar surface area (TPSA) is 127 Å². The van der Waals surface area contributed by atoms with Gasteiger partial charge in [0, 0.05) is 46.3 Å². The summed E-state index contributed by atoms with van der Waals surface area (Å²) < 4.78 is 27.9. The van der Waals surface area contributed by atoms with E-state index in [9.17, 15) is 8.42 Å². The van der Waals surface area contributed by atoms with Crippen molar-refractivity contribution in [1.29, 1.82) is 5.41 Å². The third kappa shape index (κ3) is 9.94. The number of nitrogens with zero attached hydrogens (tertiary/aromatic N) is 2. The Morgan fingerprint density at radius 3 is 2.35 bits per heavy atom. The first-order chi connectivity index (χ1) is 23.5. The molecule has 5 rings (SSSR count). The van der Waals surface area contributed by atoms with Gasteiger partial charge in [-0.1, -0.05) is 92.4 Å². The Morgan fingerprint density at radius 1 is 0.980 bits per heavy atom. The summed E-state index contributed by atoms with van der Waals surface area (Å²) in [4.78, 5) is 5.00. The number of likely N-dealkylation sites (tertiary alicyclic amines) is 1. The van der Waals surface area contributed by atoms with E-state index < -0.39 is 10.0 Å². The summed E-state index contributed by atoms with van der Waals surface area (Å²) in [5, 5.41) is 17.9. The Hall–Kier alpha value is -3.70. The van der Waals surface area contributed by atoms with Gasteiger partial charge in [0.25, 0.3) is 10.0 Å². The summed E-state index contributed by atoms with van der Waals surface area (Å²) in [5.41, 5.74) is 8.42. The van der Waals surface area contributed by atoms with Crippen LogP contribution < -0.4 is 21.2 Å². The third-order valence-corrected chi connectivity index (χ3v) is 11.0. The molecule has 0 aromatic heterocycles. The molecule has 3 aromatic rings. The van der Waals surface area contributed by atoms with Gasteiger partial charge in [-0.3, -0.25) is 10.4 Å². The SMILES string of the molecule is C=C(N1CCC(N/C(=C\CC)NC2CCCCC2)CC1)N(Cc1cccc(C(=N)N)c1)NS(=O)(=O)c1cccc(-c2ccc(Cl)cc2Cl)c1. The molecule has 1 aliphatic carbocycles. The molecule has 6 N–H and O–H groups in total. The minimum atomic E-state index is -4.06. The molecule has 0 spiro atoms. The molecule has 262 valence electrons. The number of benzene rings is 3. The number of rotatable bonds is 14. The molecule has 1 saturated heterocycles. The van der Waals surface area contributed by atoms with E-state index in [0.29, 0.717) is 51.7 Å². The highest BCUT2D eigenvalue weighted by Crippen LogP contribution is 2.32. The van der Waals surface area contributed by atoms with Gasteiger partial charge in [0.15, 0.2) is 0 Å². The number of amidine groups is 1. The molecule has 1 aliphatic heterocycles. The van der Waals surface area contributed by atoms with Crippen molar-refractivity contribution in [1.82, 2.24) is 25.4 Å². The predicted octanol–water partition coefficient (Wildman–Crippen LogP) is 7.34. The molecule has 1 saturated carbocycles. The second-order valence-corrected chi connectivity index (χ2v) is 15.3. The zero-order valence-electron chi connectivity index (χ0n) is 28.0. The van der Waals surface area contributed by atoms with E-state index in [1.807, 2.05) is 12.1 Å². The molecule has 3 aromatic carbocycles. The number of allylic oxidation sites excluding steroid dienone is 1. The monoisotopic (exact) mass is 723 g/mol. The maximum Gasteiger partial charge on any atom is 0.257 e. The lowest BCUT2D eigenvalue weighted by Gasteiger charge is -2.40. The Morgan fingerprint density at radius 2 is 1.67 bits per heavy atom. The Bertz CT molecular complexity index is 1770. The number of hydrazine groups is 1. The van der Waals surface area contributed by atoms with Crippen LogP contribution in [-0.2, 0) is 16.6 Å². The molecule has 0 amide bonds. The van der Waals surface area contributed by atoms with E-state index >= 15 is 0 Å². The van der Waals surface area contributed by atoms with Crippen molar-refractivity contribution in [2.75, 3.05) is 13.1 Å². The van der Waals surface area contributed by atoms with Crippen LogP contribution in [0.25, 0.3) is 11.1 Å². The number of nitrogens with one attached hydrogen (secondary N) is 4. The Labute approximate surface area is 301 Å². The van der Waals surface area contributed by atoms with E-state index in [2.05, 4.69) is 39.9 Å². The number of hydrogen-bond acceptors (Lipinski definition) is 7. The quantitative estimate of drug-likeness (QED) is 0.0670. The molecule has 0 atom stereocenters. The number of piperidine rings is 1. The summed E-state index contributed by atoms with van der Waals surface area (Å²) >= 11 is 12.6. The first-order valence-corrected chi connectivity index (χ1v) is 19.2. The van der Waals surface area contributed by atoms with E-state index in [1.54, 1.807) is 59.6 Å². The van der Waals surface area contributed by atoms with Gasteiger partial charge in [-0.2, -0.15) is 0 Å². The summed E-state index contributed by atoms with van der Waals surface area (Å²) in [6, 6.07) is 19.8. The van der Waals surface area contributed by atoms with Crippen molar-refractivity contribution < 1.29 is 8.42 Å². The first-order valence-electron chi connectivity index (χ1n) is 17.0. The minimum absolute atomic E-state index is 0.0606. The van der Waals surface area contributed by atoms with Crippen LogP contribution in [0.3, 0.4) is 0 Å². The average Bonchev–Trinajstić information content (AvgIpc) is 3.09. The molecule has 49 heavy (non-hydrogen) atoms. The summed E-state index contributed by atoms with van der Waals surface area (Å²) in [6.45, 7) is 8.11. The lowest BCUT2D eigenvalue weighted by Crippen LogP contribution is -2.50. The van der Waals surface area contributed by atoms with Crippen LogP contribution in [0.5, 0.6) is 0 Å². The summed E-state index contributed by atoms with van der Waals surface area (Å²) in [7, 11) is -4.06. The Balaban J connectivity index is 1.32. The number of halogens is 2. The smallest absolute Gasteiger partial charge is 0.257 e. The van der Waals surface area contributed by atoms with Crippen LogP contribution >= 0.6 is 23.2 Å². The zero-order valence-corrected chi connectivity index (χ0v) is 30.3. The summed E-state index contributed by atoms with van der Waals surface area (Å²) in [5.74, 6) is 1.60. The lowest BCUT2D eigenvalue weighted by molar-refractivity contribution is 0.152. The zero-order chi connectivity index (χ0) is 35.0. The van der Waals surface area contributed by atoms with Gasteiger partial charge in [0.05, 0.1) is 17.3 Å². The average molecular weight is 725 g/mol. The van der Waals surface area contributed by atoms with Crippen molar-refractivity contribution in [3.05, 3.63) is 112 Å². The number of nitrogen functional groups attached to an aromatic ring is 1. The molecule has 0 radical (unpaired) electrons. The number of nitrogens with two attached hydrogens (primary N) is 1. The molecule has 2 fully saturated rings. The fraction of sp³-hybridized carbons (Fsp3) is 0.378. The molecule has 12 heteroatoms. The van der Waals surface area contributed by atoms with E-state index in [-0.39, 0.29) is 23.3 Å². The fourth-order valence-electron chi connectivity index (χ4n) is 6.45. The predicted molar refractivity (Wildman–Crippen MR) is 200 cm³/mol. The standard InChI is InChI=1S/C37H47Cl2N7O2S/c1-3-9-36(42-31-13-5-4-6-14-31)43-32-18-20-45(21-19-32)26(2)46(25-27-10-7-12-29(22-27)37(40)41)44-49(47,48)33-15-8-11-28(23-33)34-17-16-30(38)24-35(34)39/h7-12,15-17,22-24,31-32,42-44H,2-6,13-14,18-21,25H2,1H3,(H3,40,41)/b36-9-. The van der Waals surface area contributed by atoms with Crippen molar-refractivity contribution in [3.63, 3.8) is 0 Å². The van der Waals surface area contributed by atoms with Gasteiger partial charge in [-0.25, -0.2) is 8.42 Å². The van der Waals surface area contributed by atoms with Crippen LogP contribution in [0, 0.1) is 5.41 Å². The molecular weight excluding hydrogens is 677 g/mol. The van der Waals surface area contributed by atoms with Crippen LogP contribution in [0.2, 0.25) is 10.0 Å². The van der Waals surface area contributed by atoms with Crippen molar-refractivity contribution >= 4 is 39.1 Å². The van der Waals surface area contributed by atoms with E-state index in [0.717, 1.165) is 30.6 Å². The highest BCUT2D eigenvalue weighted by Gasteiger charge is 2.27. The second kappa shape index (κ2) is 16.8. The van der Waals surface area contributed by atoms with E-state index in [1.165, 1.54) is 32.1 Å². The highest BCUT2D eigenvalue weighted by molar-refractivity contribution is 7.89. The van der Waals surface area contributed by atoms with Crippen LogP contribution in [0.1, 0.15) is 69.4 Å². The third-order valence-electron chi connectivity index (χ3n) is 9.10. The van der Waals surface area contributed by atoms with Gasteiger partial charge in [-0.05, 0) is 79.6 Å². The fourth-order valence-corrected chi connectivity index (χ4v) is 8.07. The second-order valence-electron chi connectivity index (χ2n) is 12.8. The van der Waals surface area contributed by atoms with Crippen LogP contribution in [0.4, 0.5) is 0 Å². The molecular formula is C37H47Cl2N7O2S. The maximum atomic E-state index is 14.0. The highest BCUT2D eigenvalue weighted by atomic mass is 35.5. The molecule has 2 aliphatic rings. The van der Waals surface area contributed by atoms with Gasteiger partial charge >= 0.3 is 0 Å². The van der Waals surface area contributed by atoms with Crippen LogP contribution in [0.15, 0.2) is 95.9 Å². The molecule has 0 bridgehead atoms. The van der Waals surface area contributed by atoms with Crippen molar-refractivity contribution in [2.24, 2.45) is 5.73 Å². The molecule has 9 nitrogen and oxygen atoms in total. The first kappa shape index (κ1) is 36.6. The van der Waals surface area contributed by atoms with Gasteiger partial charge in [0.1, 0.15) is 11.7 Å².